The van der Waals surface area contributed by atoms with Gasteiger partial charge in [-0.3, -0.25) is 0 Å². The van der Waals surface area contributed by atoms with Crippen molar-refractivity contribution in [2.24, 2.45) is 0 Å². The summed E-state index contributed by atoms with van der Waals surface area (Å²) in [6.07, 6.45) is 1.38. The average Bonchev–Trinajstić information content (AvgIpc) is 2.68. The van der Waals surface area contributed by atoms with Gasteiger partial charge in [0.05, 0.1) is 12.2 Å². The van der Waals surface area contributed by atoms with Gasteiger partial charge in [-0.25, -0.2) is 9.78 Å². The summed E-state index contributed by atoms with van der Waals surface area (Å²) in [4.78, 5) is 20.0. The van der Waals surface area contributed by atoms with Crippen molar-refractivity contribution in [1.82, 2.24) is 9.97 Å². The number of carbonyl (C=O) groups is 1. The maximum absolute atomic E-state index is 11.7. The van der Waals surface area contributed by atoms with Gasteiger partial charge in [-0.1, -0.05) is 6.07 Å². The number of rotatable bonds is 6. The molecule has 0 aliphatic carbocycles. The summed E-state index contributed by atoms with van der Waals surface area (Å²) < 4.78 is 10.8. The predicted molar refractivity (Wildman–Crippen MR) is 108 cm³/mol. The van der Waals surface area contributed by atoms with E-state index in [1.807, 2.05) is 32.0 Å². The van der Waals surface area contributed by atoms with Gasteiger partial charge in [0.15, 0.2) is 5.82 Å². The van der Waals surface area contributed by atoms with Crippen LogP contribution in [0.5, 0.6) is 11.6 Å². The summed E-state index contributed by atoms with van der Waals surface area (Å²) in [6.45, 7) is 6.15. The summed E-state index contributed by atoms with van der Waals surface area (Å²) in [5, 5.41) is 3.11. The van der Waals surface area contributed by atoms with E-state index in [9.17, 15) is 4.79 Å². The first-order valence-corrected chi connectivity index (χ1v) is 8.87. The van der Waals surface area contributed by atoms with E-state index in [0.717, 1.165) is 11.3 Å². The van der Waals surface area contributed by atoms with E-state index in [1.54, 1.807) is 31.2 Å². The molecule has 0 spiro atoms. The number of nitrogens with zero attached hydrogens (tertiary/aromatic N) is 2. The van der Waals surface area contributed by atoms with Crippen LogP contribution >= 0.6 is 0 Å². The maximum Gasteiger partial charge on any atom is 0.338 e. The van der Waals surface area contributed by atoms with E-state index in [1.165, 1.54) is 11.9 Å². The van der Waals surface area contributed by atoms with Gasteiger partial charge in [0.25, 0.3) is 0 Å². The first kappa shape index (κ1) is 19.2. The highest BCUT2D eigenvalue weighted by molar-refractivity contribution is 5.90. The molecule has 0 saturated carbocycles. The Morgan fingerprint density at radius 1 is 1.07 bits per heavy atom. The molecule has 0 unspecified atom stereocenters. The molecule has 3 rings (SSSR count). The van der Waals surface area contributed by atoms with Crippen molar-refractivity contribution in [3.63, 3.8) is 0 Å². The molecule has 7 heteroatoms. The molecule has 7 nitrogen and oxygen atoms in total. The minimum atomic E-state index is -0.361. The Balaban J connectivity index is 1.77. The van der Waals surface area contributed by atoms with Crippen molar-refractivity contribution in [1.29, 1.82) is 0 Å². The van der Waals surface area contributed by atoms with Crippen LogP contribution in [0.4, 0.5) is 17.2 Å². The molecule has 2 aromatic carbocycles. The molecule has 0 aliphatic rings. The van der Waals surface area contributed by atoms with Crippen LogP contribution in [0.3, 0.4) is 0 Å². The number of nitrogens with two attached hydrogens (primary N) is 1. The molecule has 3 aromatic rings. The molecule has 1 aromatic heterocycles. The molecule has 0 atom stereocenters. The number of anilines is 3. The van der Waals surface area contributed by atoms with E-state index >= 15 is 0 Å². The molecule has 0 amide bonds. The van der Waals surface area contributed by atoms with Crippen LogP contribution in [0.15, 0.2) is 48.8 Å². The third-order valence-electron chi connectivity index (χ3n) is 4.20. The molecular weight excluding hydrogens is 356 g/mol. The van der Waals surface area contributed by atoms with Crippen LogP contribution in [0.25, 0.3) is 0 Å². The summed E-state index contributed by atoms with van der Waals surface area (Å²) in [6, 6.07) is 12.6. The second-order valence-electron chi connectivity index (χ2n) is 6.21. The average molecular weight is 378 g/mol. The molecule has 0 fully saturated rings. The minimum absolute atomic E-state index is 0.267. The van der Waals surface area contributed by atoms with E-state index in [0.29, 0.717) is 23.7 Å². The Morgan fingerprint density at radius 2 is 1.82 bits per heavy atom. The first-order chi connectivity index (χ1) is 13.5. The standard InChI is InChI=1S/C21H22N4O3/c1-4-27-21(26)15-6-8-16(9-7-15)25-19-18(22)20(24-12-23-19)28-17-10-5-13(2)14(3)11-17/h5-12H,4,22H2,1-3H3,(H,23,24,25). The maximum atomic E-state index is 11.7. The zero-order chi connectivity index (χ0) is 20.1. The van der Waals surface area contributed by atoms with Crippen molar-refractivity contribution in [3.8, 4) is 11.6 Å². The third-order valence-corrected chi connectivity index (χ3v) is 4.20. The van der Waals surface area contributed by atoms with Crippen LogP contribution < -0.4 is 15.8 Å². The highest BCUT2D eigenvalue weighted by Gasteiger charge is 2.12. The van der Waals surface area contributed by atoms with E-state index in [-0.39, 0.29) is 17.5 Å². The number of aromatic nitrogens is 2. The van der Waals surface area contributed by atoms with Crippen LogP contribution in [-0.4, -0.2) is 22.5 Å². The molecule has 0 bridgehead atoms. The number of carbonyl (C=O) groups excluding carboxylic acids is 1. The van der Waals surface area contributed by atoms with Crippen molar-refractivity contribution < 1.29 is 14.3 Å². The fourth-order valence-electron chi connectivity index (χ4n) is 2.49. The molecule has 0 radical (unpaired) electrons. The Morgan fingerprint density at radius 3 is 2.50 bits per heavy atom. The molecule has 1 heterocycles. The fraction of sp³-hybridized carbons (Fsp3) is 0.190. The second kappa shape index (κ2) is 8.39. The number of nitrogens with one attached hydrogen (secondary N) is 1. The Bertz CT molecular complexity index is 987. The first-order valence-electron chi connectivity index (χ1n) is 8.87. The number of nitrogen functional groups attached to an aromatic ring is 1. The SMILES string of the molecule is CCOC(=O)c1ccc(Nc2ncnc(Oc3ccc(C)c(C)c3)c2N)cc1. The third kappa shape index (κ3) is 4.37. The van der Waals surface area contributed by atoms with Crippen molar-refractivity contribution in [2.45, 2.75) is 20.8 Å². The van der Waals surface area contributed by atoms with Crippen molar-refractivity contribution in [2.75, 3.05) is 17.7 Å². The van der Waals surface area contributed by atoms with Gasteiger partial charge < -0.3 is 20.5 Å². The van der Waals surface area contributed by atoms with Gasteiger partial charge in [-0.15, -0.1) is 0 Å². The van der Waals surface area contributed by atoms with E-state index < -0.39 is 0 Å². The number of benzene rings is 2. The quantitative estimate of drug-likeness (QED) is 0.614. The molecule has 144 valence electrons. The topological polar surface area (TPSA) is 99.4 Å². The summed E-state index contributed by atoms with van der Waals surface area (Å²) in [5.74, 6) is 0.972. The highest BCUT2D eigenvalue weighted by atomic mass is 16.5. The minimum Gasteiger partial charge on any atom is -0.462 e. The van der Waals surface area contributed by atoms with Gasteiger partial charge in [0, 0.05) is 5.69 Å². The largest absolute Gasteiger partial charge is 0.462 e. The lowest BCUT2D eigenvalue weighted by molar-refractivity contribution is 0.0526. The number of aryl methyl sites for hydroxylation is 2. The highest BCUT2D eigenvalue weighted by Crippen LogP contribution is 2.31. The summed E-state index contributed by atoms with van der Waals surface area (Å²) >= 11 is 0. The van der Waals surface area contributed by atoms with Gasteiger partial charge >= 0.3 is 5.97 Å². The Kier molecular flexibility index (Phi) is 5.74. The number of hydrogen-bond acceptors (Lipinski definition) is 7. The Hall–Kier alpha value is -3.61. The number of esters is 1. The normalized spacial score (nSPS) is 10.4. The van der Waals surface area contributed by atoms with Crippen LogP contribution in [0.2, 0.25) is 0 Å². The van der Waals surface area contributed by atoms with Crippen molar-refractivity contribution in [3.05, 3.63) is 65.5 Å². The lowest BCUT2D eigenvalue weighted by Gasteiger charge is -2.12. The lowest BCUT2D eigenvalue weighted by Crippen LogP contribution is -2.05. The fourth-order valence-corrected chi connectivity index (χ4v) is 2.49. The van der Waals surface area contributed by atoms with Gasteiger partial charge in [-0.2, -0.15) is 4.98 Å². The number of ether oxygens (including phenoxy) is 2. The molecule has 28 heavy (non-hydrogen) atoms. The van der Waals surface area contributed by atoms with Crippen molar-refractivity contribution >= 4 is 23.2 Å². The van der Waals surface area contributed by atoms with Gasteiger partial charge in [-0.05, 0) is 68.3 Å². The van der Waals surface area contributed by atoms with E-state index in [2.05, 4.69) is 15.3 Å². The lowest BCUT2D eigenvalue weighted by atomic mass is 10.1. The zero-order valence-electron chi connectivity index (χ0n) is 16.0. The van der Waals surface area contributed by atoms with Gasteiger partial charge in [0.1, 0.15) is 17.8 Å². The predicted octanol–water partition coefficient (Wildman–Crippen LogP) is 4.39. The van der Waals surface area contributed by atoms with Crippen LogP contribution in [0.1, 0.15) is 28.4 Å². The van der Waals surface area contributed by atoms with Crippen LogP contribution in [0, 0.1) is 13.8 Å². The summed E-state index contributed by atoms with van der Waals surface area (Å²) in [5.41, 5.74) is 9.95. The molecule has 0 aliphatic heterocycles. The Labute approximate surface area is 163 Å². The zero-order valence-corrected chi connectivity index (χ0v) is 16.0. The summed E-state index contributed by atoms with van der Waals surface area (Å²) in [7, 11) is 0. The second-order valence-corrected chi connectivity index (χ2v) is 6.21. The van der Waals surface area contributed by atoms with E-state index in [4.69, 9.17) is 15.2 Å². The smallest absolute Gasteiger partial charge is 0.338 e. The molecule has 3 N–H and O–H groups in total. The monoisotopic (exact) mass is 378 g/mol. The number of hydrogen-bond donors (Lipinski definition) is 2. The molecule has 0 saturated heterocycles. The van der Waals surface area contributed by atoms with Crippen LogP contribution in [-0.2, 0) is 4.74 Å². The molecular formula is C21H22N4O3. The van der Waals surface area contributed by atoms with Gasteiger partial charge in [0.2, 0.25) is 5.88 Å².